The number of nitrogens with two attached hydrogens (primary N) is 1. The molecule has 35 heavy (non-hydrogen) atoms. The van der Waals surface area contributed by atoms with Gasteiger partial charge in [0.05, 0.1) is 5.69 Å². The highest BCUT2D eigenvalue weighted by Crippen LogP contribution is 2.31. The van der Waals surface area contributed by atoms with Crippen molar-refractivity contribution < 1.29 is 13.9 Å². The minimum atomic E-state index is -0.549. The van der Waals surface area contributed by atoms with Crippen LogP contribution in [0.25, 0.3) is 16.9 Å². The lowest BCUT2D eigenvalue weighted by Gasteiger charge is -2.35. The SMILES string of the molecule is C=CCN1CCN(c2cccn3c(C(N)=O)c(-c4ccc(Oc5ccc(F)cc5)cc4)nc23)CC1. The summed E-state index contributed by atoms with van der Waals surface area (Å²) >= 11 is 0. The molecule has 1 aliphatic rings. The van der Waals surface area contributed by atoms with Gasteiger partial charge >= 0.3 is 0 Å². The van der Waals surface area contributed by atoms with E-state index < -0.39 is 5.91 Å². The first-order valence-electron chi connectivity index (χ1n) is 11.5. The van der Waals surface area contributed by atoms with E-state index in [1.54, 1.807) is 28.7 Å². The number of fused-ring (bicyclic) bond motifs is 1. The van der Waals surface area contributed by atoms with Crippen LogP contribution >= 0.6 is 0 Å². The lowest BCUT2D eigenvalue weighted by Crippen LogP contribution is -2.46. The first kappa shape index (κ1) is 22.6. The second-order valence-electron chi connectivity index (χ2n) is 8.42. The van der Waals surface area contributed by atoms with Gasteiger partial charge in [-0.05, 0) is 60.7 Å². The second kappa shape index (κ2) is 9.60. The Kier molecular flexibility index (Phi) is 6.20. The van der Waals surface area contributed by atoms with Gasteiger partial charge in [-0.25, -0.2) is 9.37 Å². The number of nitrogens with zero attached hydrogens (tertiary/aromatic N) is 4. The van der Waals surface area contributed by atoms with Crippen LogP contribution in [0.1, 0.15) is 10.5 Å². The topological polar surface area (TPSA) is 76.1 Å². The first-order chi connectivity index (χ1) is 17.0. The maximum absolute atomic E-state index is 13.1. The fraction of sp³-hybridized carbons (Fsp3) is 0.185. The smallest absolute Gasteiger partial charge is 0.268 e. The second-order valence-corrected chi connectivity index (χ2v) is 8.42. The number of hydrogen-bond acceptors (Lipinski definition) is 5. The van der Waals surface area contributed by atoms with Crippen LogP contribution in [0.15, 0.2) is 79.5 Å². The number of aromatic nitrogens is 2. The highest BCUT2D eigenvalue weighted by Gasteiger charge is 2.24. The molecule has 0 aliphatic carbocycles. The third kappa shape index (κ3) is 4.61. The Morgan fingerprint density at radius 1 is 1.03 bits per heavy atom. The number of rotatable bonds is 7. The summed E-state index contributed by atoms with van der Waals surface area (Å²) in [7, 11) is 0. The van der Waals surface area contributed by atoms with Crippen molar-refractivity contribution in [3.8, 4) is 22.8 Å². The molecule has 7 nitrogen and oxygen atoms in total. The number of imidazole rings is 1. The summed E-state index contributed by atoms with van der Waals surface area (Å²) in [5, 5.41) is 0. The van der Waals surface area contributed by atoms with Crippen molar-refractivity contribution in [3.05, 3.63) is 91.0 Å². The van der Waals surface area contributed by atoms with Gasteiger partial charge in [-0.3, -0.25) is 14.1 Å². The monoisotopic (exact) mass is 471 g/mol. The van der Waals surface area contributed by atoms with Crippen molar-refractivity contribution in [3.63, 3.8) is 0 Å². The van der Waals surface area contributed by atoms with Gasteiger partial charge in [-0.15, -0.1) is 6.58 Å². The van der Waals surface area contributed by atoms with Crippen LogP contribution < -0.4 is 15.4 Å². The number of hydrogen-bond donors (Lipinski definition) is 1. The lowest BCUT2D eigenvalue weighted by atomic mass is 10.1. The molecule has 0 atom stereocenters. The molecule has 3 heterocycles. The Hall–Kier alpha value is -4.17. The van der Waals surface area contributed by atoms with Crippen molar-refractivity contribution in [2.45, 2.75) is 0 Å². The molecule has 0 spiro atoms. The molecule has 0 bridgehead atoms. The molecule has 2 aromatic heterocycles. The number of primary amides is 1. The Morgan fingerprint density at radius 2 is 1.69 bits per heavy atom. The highest BCUT2D eigenvalue weighted by molar-refractivity contribution is 5.99. The number of carbonyl (C=O) groups excluding carboxylic acids is 1. The van der Waals surface area contributed by atoms with Gasteiger partial charge in [0.15, 0.2) is 5.65 Å². The van der Waals surface area contributed by atoms with Crippen LogP contribution in [0.4, 0.5) is 10.1 Å². The molecule has 1 saturated heterocycles. The first-order valence-corrected chi connectivity index (χ1v) is 11.5. The van der Waals surface area contributed by atoms with Crippen molar-refractivity contribution in [1.82, 2.24) is 14.3 Å². The van der Waals surface area contributed by atoms with Gasteiger partial charge in [0.25, 0.3) is 5.91 Å². The van der Waals surface area contributed by atoms with Gasteiger partial charge in [0, 0.05) is 44.5 Å². The van der Waals surface area contributed by atoms with Crippen molar-refractivity contribution in [2.24, 2.45) is 5.73 Å². The van der Waals surface area contributed by atoms with E-state index in [9.17, 15) is 9.18 Å². The third-order valence-electron chi connectivity index (χ3n) is 6.14. The average Bonchev–Trinajstić information content (AvgIpc) is 3.27. The van der Waals surface area contributed by atoms with E-state index in [2.05, 4.69) is 16.4 Å². The Balaban J connectivity index is 1.46. The van der Waals surface area contributed by atoms with E-state index in [-0.39, 0.29) is 5.82 Å². The van der Waals surface area contributed by atoms with E-state index in [0.717, 1.165) is 44.0 Å². The van der Waals surface area contributed by atoms with E-state index in [4.69, 9.17) is 15.5 Å². The summed E-state index contributed by atoms with van der Waals surface area (Å²) in [6.45, 7) is 8.27. The van der Waals surface area contributed by atoms with Crippen molar-refractivity contribution in [1.29, 1.82) is 0 Å². The van der Waals surface area contributed by atoms with Crippen LogP contribution in [0.5, 0.6) is 11.5 Å². The molecule has 8 heteroatoms. The van der Waals surface area contributed by atoms with E-state index in [1.165, 1.54) is 12.1 Å². The maximum Gasteiger partial charge on any atom is 0.268 e. The van der Waals surface area contributed by atoms with Crippen LogP contribution in [-0.2, 0) is 0 Å². The van der Waals surface area contributed by atoms with Gasteiger partial charge in [-0.2, -0.15) is 0 Å². The minimum Gasteiger partial charge on any atom is -0.457 e. The molecular formula is C27H26FN5O2. The number of anilines is 1. The fourth-order valence-corrected chi connectivity index (χ4v) is 4.41. The molecule has 2 N–H and O–H groups in total. The van der Waals surface area contributed by atoms with Crippen LogP contribution in [0.3, 0.4) is 0 Å². The minimum absolute atomic E-state index is 0.323. The lowest BCUT2D eigenvalue weighted by molar-refractivity contribution is 0.0995. The molecule has 0 saturated carbocycles. The molecular weight excluding hydrogens is 445 g/mol. The van der Waals surface area contributed by atoms with Gasteiger partial charge in [0.1, 0.15) is 28.7 Å². The van der Waals surface area contributed by atoms with Gasteiger partial charge in [-0.1, -0.05) is 6.08 Å². The summed E-state index contributed by atoms with van der Waals surface area (Å²) < 4.78 is 20.7. The largest absolute Gasteiger partial charge is 0.457 e. The summed E-state index contributed by atoms with van der Waals surface area (Å²) in [5.41, 5.74) is 9.06. The zero-order valence-corrected chi connectivity index (χ0v) is 19.2. The zero-order valence-electron chi connectivity index (χ0n) is 19.2. The number of piperazine rings is 1. The molecule has 0 radical (unpaired) electrons. The zero-order chi connectivity index (χ0) is 24.4. The number of ether oxygens (including phenoxy) is 1. The number of benzene rings is 2. The summed E-state index contributed by atoms with van der Waals surface area (Å²) in [6, 6.07) is 17.0. The molecule has 5 rings (SSSR count). The Bertz CT molecular complexity index is 1360. The van der Waals surface area contributed by atoms with Crippen molar-refractivity contribution in [2.75, 3.05) is 37.6 Å². The third-order valence-corrected chi connectivity index (χ3v) is 6.14. The molecule has 178 valence electrons. The van der Waals surface area contributed by atoms with E-state index in [0.29, 0.717) is 28.5 Å². The number of halogens is 1. The summed E-state index contributed by atoms with van der Waals surface area (Å²) in [6.07, 6.45) is 3.74. The molecule has 4 aromatic rings. The molecule has 1 amide bonds. The van der Waals surface area contributed by atoms with Crippen LogP contribution in [0, 0.1) is 5.82 Å². The number of pyridine rings is 1. The number of carbonyl (C=O) groups is 1. The molecule has 1 aliphatic heterocycles. The fourth-order valence-electron chi connectivity index (χ4n) is 4.41. The van der Waals surface area contributed by atoms with Crippen LogP contribution in [-0.4, -0.2) is 52.9 Å². The van der Waals surface area contributed by atoms with Crippen molar-refractivity contribution >= 4 is 17.2 Å². The van der Waals surface area contributed by atoms with Gasteiger partial charge in [0.2, 0.25) is 0 Å². The summed E-state index contributed by atoms with van der Waals surface area (Å²) in [4.78, 5) is 22.0. The Labute approximate surface area is 202 Å². The molecule has 2 aromatic carbocycles. The summed E-state index contributed by atoms with van der Waals surface area (Å²) in [5.74, 6) is 0.244. The molecule has 0 unspecified atom stereocenters. The predicted molar refractivity (Wildman–Crippen MR) is 134 cm³/mol. The Morgan fingerprint density at radius 3 is 2.31 bits per heavy atom. The van der Waals surface area contributed by atoms with Gasteiger partial charge < -0.3 is 15.4 Å². The van der Waals surface area contributed by atoms with Crippen LogP contribution in [0.2, 0.25) is 0 Å². The average molecular weight is 472 g/mol. The highest BCUT2D eigenvalue weighted by atomic mass is 19.1. The van der Waals surface area contributed by atoms with E-state index in [1.807, 2.05) is 36.5 Å². The number of amides is 1. The standard InChI is InChI=1S/C27H26FN5O2/c1-2-13-31-15-17-32(18-16-31)23-4-3-14-33-25(26(29)34)24(30-27(23)33)19-5-9-21(10-6-19)35-22-11-7-20(28)8-12-22/h2-12,14H,1,13,15-18H2,(H2,29,34). The quantitative estimate of drug-likeness (QED) is 0.406. The van der Waals surface area contributed by atoms with E-state index >= 15 is 0 Å². The normalized spacial score (nSPS) is 14.3. The maximum atomic E-state index is 13.1. The predicted octanol–water partition coefficient (Wildman–Crippen LogP) is 4.34. The molecule has 1 fully saturated rings.